The minimum Gasteiger partial charge on any atom is -0.473 e. The molecule has 0 bridgehead atoms. The zero-order chi connectivity index (χ0) is 18.1. The molecule has 2 rings (SSSR count). The molecule has 2 unspecified atom stereocenters. The van der Waals surface area contributed by atoms with Gasteiger partial charge in [-0.15, -0.1) is 0 Å². The number of aryl methyl sites for hydroxylation is 1. The summed E-state index contributed by atoms with van der Waals surface area (Å²) in [6, 6.07) is 9.26. The third-order valence-electron chi connectivity index (χ3n) is 3.67. The lowest BCUT2D eigenvalue weighted by Crippen LogP contribution is -2.30. The van der Waals surface area contributed by atoms with E-state index in [9.17, 15) is 0 Å². The minimum atomic E-state index is -1.82. The van der Waals surface area contributed by atoms with Crippen LogP contribution in [-0.2, 0) is 9.59 Å². The summed E-state index contributed by atoms with van der Waals surface area (Å²) in [7, 11) is 0. The van der Waals surface area contributed by atoms with Crippen molar-refractivity contribution in [2.45, 2.75) is 26.8 Å². The van der Waals surface area contributed by atoms with Crippen LogP contribution in [0.25, 0.3) is 0 Å². The molecule has 7 nitrogen and oxygen atoms in total. The van der Waals surface area contributed by atoms with Gasteiger partial charge in [-0.25, -0.2) is 15.0 Å². The summed E-state index contributed by atoms with van der Waals surface area (Å²) in [5.74, 6) is -2.32. The number of carbonyl (C=O) groups is 2. The van der Waals surface area contributed by atoms with Crippen molar-refractivity contribution in [3.63, 3.8) is 0 Å². The summed E-state index contributed by atoms with van der Waals surface area (Å²) in [6.45, 7) is 9.81. The number of hydrogen-bond acceptors (Lipinski definition) is 5. The van der Waals surface area contributed by atoms with Crippen LogP contribution in [0.3, 0.4) is 0 Å². The van der Waals surface area contributed by atoms with Gasteiger partial charge < -0.3 is 15.5 Å². The number of hydrazine groups is 1. The maximum Gasteiger partial charge on any atom is 0.414 e. The van der Waals surface area contributed by atoms with E-state index in [-0.39, 0.29) is 0 Å². The van der Waals surface area contributed by atoms with Crippen LogP contribution >= 0.6 is 0 Å². The van der Waals surface area contributed by atoms with Gasteiger partial charge >= 0.3 is 11.9 Å². The third-order valence-corrected chi connectivity index (χ3v) is 3.67. The van der Waals surface area contributed by atoms with E-state index in [1.807, 2.05) is 0 Å². The van der Waals surface area contributed by atoms with Crippen molar-refractivity contribution in [1.29, 1.82) is 0 Å². The Labute approximate surface area is 142 Å². The van der Waals surface area contributed by atoms with Gasteiger partial charge in [-0.1, -0.05) is 43.7 Å². The molecular formula is C17H27N3O4. The molecule has 1 heterocycles. The molecule has 24 heavy (non-hydrogen) atoms. The molecule has 1 fully saturated rings. The Balaban J connectivity index is 0.000000413. The maximum absolute atomic E-state index is 9.10. The van der Waals surface area contributed by atoms with Crippen LogP contribution in [0.1, 0.15) is 31.0 Å². The molecule has 1 aromatic carbocycles. The number of nitrogens with one attached hydrogen (secondary N) is 3. The fourth-order valence-electron chi connectivity index (χ4n) is 2.41. The Morgan fingerprint density at radius 3 is 2.29 bits per heavy atom. The Morgan fingerprint density at radius 1 is 1.21 bits per heavy atom. The largest absolute Gasteiger partial charge is 0.473 e. The Hall–Kier alpha value is -1.96. The lowest BCUT2D eigenvalue weighted by molar-refractivity contribution is -0.159. The summed E-state index contributed by atoms with van der Waals surface area (Å²) in [6.07, 6.45) is 0. The van der Waals surface area contributed by atoms with E-state index in [1.54, 1.807) is 0 Å². The van der Waals surface area contributed by atoms with Crippen LogP contribution < -0.4 is 16.2 Å². The second-order valence-electron chi connectivity index (χ2n) is 6.34. The van der Waals surface area contributed by atoms with Crippen molar-refractivity contribution in [1.82, 2.24) is 16.2 Å². The summed E-state index contributed by atoms with van der Waals surface area (Å²) < 4.78 is 0. The first-order valence-corrected chi connectivity index (χ1v) is 8.03. The molecular weight excluding hydrogens is 310 g/mol. The average molecular weight is 337 g/mol. The van der Waals surface area contributed by atoms with E-state index in [0.717, 1.165) is 19.6 Å². The molecule has 0 aromatic heterocycles. The van der Waals surface area contributed by atoms with Crippen molar-refractivity contribution in [2.24, 2.45) is 11.8 Å². The lowest BCUT2D eigenvalue weighted by atomic mass is 9.94. The third kappa shape index (κ3) is 7.08. The molecule has 1 aliphatic heterocycles. The molecule has 5 N–H and O–H groups in total. The molecule has 134 valence electrons. The smallest absolute Gasteiger partial charge is 0.414 e. The van der Waals surface area contributed by atoms with E-state index in [1.165, 1.54) is 11.1 Å². The fraction of sp³-hybridized carbons (Fsp3) is 0.529. The molecule has 1 aliphatic rings. The fourth-order valence-corrected chi connectivity index (χ4v) is 2.41. The number of hydrogen-bond donors (Lipinski definition) is 5. The first-order valence-electron chi connectivity index (χ1n) is 8.03. The Bertz CT molecular complexity index is 519. The molecule has 0 saturated carbocycles. The van der Waals surface area contributed by atoms with E-state index in [4.69, 9.17) is 19.8 Å². The predicted molar refractivity (Wildman–Crippen MR) is 91.5 cm³/mol. The average Bonchev–Trinajstić information content (AvgIpc) is 2.96. The SMILES string of the molecule is Cc1ccc(C2NNCC2CNCC(C)C)cc1.O=C(O)C(=O)O. The van der Waals surface area contributed by atoms with Gasteiger partial charge in [0, 0.05) is 19.0 Å². The highest BCUT2D eigenvalue weighted by atomic mass is 16.4. The van der Waals surface area contributed by atoms with Crippen molar-refractivity contribution < 1.29 is 19.8 Å². The highest BCUT2D eigenvalue weighted by Crippen LogP contribution is 2.24. The number of aliphatic carboxylic acids is 2. The van der Waals surface area contributed by atoms with Crippen LogP contribution in [-0.4, -0.2) is 41.8 Å². The van der Waals surface area contributed by atoms with Gasteiger partial charge in [0.15, 0.2) is 0 Å². The van der Waals surface area contributed by atoms with Crippen LogP contribution in [0.2, 0.25) is 0 Å². The molecule has 2 atom stereocenters. The van der Waals surface area contributed by atoms with Gasteiger partial charge in [-0.3, -0.25) is 5.43 Å². The monoisotopic (exact) mass is 337 g/mol. The normalized spacial score (nSPS) is 19.7. The molecule has 7 heteroatoms. The van der Waals surface area contributed by atoms with E-state index >= 15 is 0 Å². The summed E-state index contributed by atoms with van der Waals surface area (Å²) in [5.41, 5.74) is 9.37. The highest BCUT2D eigenvalue weighted by Gasteiger charge is 2.27. The Morgan fingerprint density at radius 2 is 1.79 bits per heavy atom. The molecule has 1 saturated heterocycles. The van der Waals surface area contributed by atoms with Crippen molar-refractivity contribution in [3.8, 4) is 0 Å². The predicted octanol–water partition coefficient (Wildman–Crippen LogP) is 1.16. The van der Waals surface area contributed by atoms with Gasteiger partial charge in [0.1, 0.15) is 0 Å². The molecule has 0 aliphatic carbocycles. The van der Waals surface area contributed by atoms with Crippen LogP contribution in [0, 0.1) is 18.8 Å². The van der Waals surface area contributed by atoms with Gasteiger partial charge in [0.25, 0.3) is 0 Å². The molecule has 0 spiro atoms. The van der Waals surface area contributed by atoms with Crippen molar-refractivity contribution in [3.05, 3.63) is 35.4 Å². The molecule has 1 aromatic rings. The van der Waals surface area contributed by atoms with Gasteiger partial charge in [-0.2, -0.15) is 0 Å². The number of benzene rings is 1. The van der Waals surface area contributed by atoms with Gasteiger partial charge in [0.2, 0.25) is 0 Å². The second-order valence-corrected chi connectivity index (χ2v) is 6.34. The summed E-state index contributed by atoms with van der Waals surface area (Å²) in [5, 5.41) is 18.3. The highest BCUT2D eigenvalue weighted by molar-refractivity contribution is 6.27. The van der Waals surface area contributed by atoms with Crippen LogP contribution in [0.4, 0.5) is 0 Å². The zero-order valence-electron chi connectivity index (χ0n) is 14.4. The quantitative estimate of drug-likeness (QED) is 0.513. The molecule has 0 amide bonds. The minimum absolute atomic E-state index is 0.422. The maximum atomic E-state index is 9.10. The zero-order valence-corrected chi connectivity index (χ0v) is 14.4. The second kappa shape index (κ2) is 10.0. The lowest BCUT2D eigenvalue weighted by Gasteiger charge is -2.20. The van der Waals surface area contributed by atoms with Crippen LogP contribution in [0.5, 0.6) is 0 Å². The van der Waals surface area contributed by atoms with E-state index < -0.39 is 11.9 Å². The first-order chi connectivity index (χ1) is 11.3. The first kappa shape index (κ1) is 20.1. The topological polar surface area (TPSA) is 111 Å². The van der Waals surface area contributed by atoms with Gasteiger partial charge in [-0.05, 0) is 24.9 Å². The number of carboxylic acids is 2. The van der Waals surface area contributed by atoms with E-state index in [2.05, 4.69) is 61.2 Å². The van der Waals surface area contributed by atoms with Gasteiger partial charge in [0.05, 0.1) is 6.04 Å². The Kier molecular flexibility index (Phi) is 8.39. The van der Waals surface area contributed by atoms with E-state index in [0.29, 0.717) is 17.9 Å². The standard InChI is InChI=1S/C15H25N3.C2H2O4/c1-11(2)8-16-9-14-10-17-18-15(14)13-6-4-12(3)5-7-13;3-1(4)2(5)6/h4-7,11,14-18H,8-10H2,1-3H3;(H,3,4)(H,5,6). The number of carboxylic acid groups (broad SMARTS) is 2. The van der Waals surface area contributed by atoms with Crippen molar-refractivity contribution in [2.75, 3.05) is 19.6 Å². The molecule has 0 radical (unpaired) electrons. The van der Waals surface area contributed by atoms with Crippen molar-refractivity contribution >= 4 is 11.9 Å². The van der Waals surface area contributed by atoms with Crippen LogP contribution in [0.15, 0.2) is 24.3 Å². The number of rotatable bonds is 5. The summed E-state index contributed by atoms with van der Waals surface area (Å²) >= 11 is 0. The summed E-state index contributed by atoms with van der Waals surface area (Å²) in [4.78, 5) is 18.2.